The van der Waals surface area contributed by atoms with Crippen molar-refractivity contribution in [1.29, 1.82) is 0 Å². The fourth-order valence-corrected chi connectivity index (χ4v) is 3.78. The lowest BCUT2D eigenvalue weighted by Gasteiger charge is -2.25. The van der Waals surface area contributed by atoms with E-state index in [1.807, 2.05) is 0 Å². The number of hydrogen-bond donors (Lipinski definition) is 1. The lowest BCUT2D eigenvalue weighted by atomic mass is 10.0. The zero-order valence-electron chi connectivity index (χ0n) is 14.4. The molecule has 134 valence electrons. The van der Waals surface area contributed by atoms with Crippen LogP contribution >= 0.6 is 0 Å². The van der Waals surface area contributed by atoms with E-state index in [1.165, 1.54) is 36.1 Å². The minimum atomic E-state index is -3.66. The number of aryl methyl sites for hydroxylation is 1. The van der Waals surface area contributed by atoms with Crippen molar-refractivity contribution in [3.8, 4) is 5.75 Å². The first kappa shape index (κ1) is 17.9. The molecule has 2 aromatic rings. The summed E-state index contributed by atoms with van der Waals surface area (Å²) in [5.74, 6) is 0.651. The van der Waals surface area contributed by atoms with E-state index in [9.17, 15) is 8.42 Å². The Morgan fingerprint density at radius 1 is 1.12 bits per heavy atom. The maximum absolute atomic E-state index is 11.3. The monoisotopic (exact) mass is 360 g/mol. The predicted molar refractivity (Wildman–Crippen MR) is 98.0 cm³/mol. The first-order valence-electron chi connectivity index (χ1n) is 8.50. The molecular weight excluding hydrogens is 336 g/mol. The summed E-state index contributed by atoms with van der Waals surface area (Å²) in [6.07, 6.45) is 2.37. The van der Waals surface area contributed by atoms with Crippen LogP contribution in [0.15, 0.2) is 53.4 Å². The third kappa shape index (κ3) is 4.60. The quantitative estimate of drug-likeness (QED) is 0.860. The van der Waals surface area contributed by atoms with Gasteiger partial charge in [-0.3, -0.25) is 4.90 Å². The summed E-state index contributed by atoms with van der Waals surface area (Å²) in [5.41, 5.74) is 2.64. The van der Waals surface area contributed by atoms with E-state index in [-0.39, 0.29) is 4.90 Å². The minimum Gasteiger partial charge on any atom is -0.492 e. The highest BCUT2D eigenvalue weighted by Crippen LogP contribution is 2.31. The van der Waals surface area contributed by atoms with Crippen LogP contribution in [-0.2, 0) is 10.0 Å². The van der Waals surface area contributed by atoms with Crippen molar-refractivity contribution in [2.75, 3.05) is 19.7 Å². The highest BCUT2D eigenvalue weighted by Gasteiger charge is 2.25. The van der Waals surface area contributed by atoms with Crippen LogP contribution in [0.4, 0.5) is 0 Å². The van der Waals surface area contributed by atoms with E-state index < -0.39 is 10.0 Å². The Balaban J connectivity index is 1.55. The summed E-state index contributed by atoms with van der Waals surface area (Å²) in [4.78, 5) is 2.54. The molecule has 1 aliphatic rings. The fourth-order valence-electron chi connectivity index (χ4n) is 3.27. The van der Waals surface area contributed by atoms with Crippen LogP contribution in [0.2, 0.25) is 0 Å². The second kappa shape index (κ2) is 7.56. The lowest BCUT2D eigenvalue weighted by Crippen LogP contribution is -2.28. The maximum Gasteiger partial charge on any atom is 0.238 e. The second-order valence-electron chi connectivity index (χ2n) is 6.47. The van der Waals surface area contributed by atoms with Crippen LogP contribution in [0.1, 0.15) is 30.0 Å². The molecule has 2 N–H and O–H groups in total. The SMILES string of the molecule is Cc1ccc(C2CCCN2CCOc2ccc(S(N)(=O)=O)cc2)cc1. The number of likely N-dealkylation sites (tertiary alicyclic amines) is 1. The number of benzene rings is 2. The number of hydrogen-bond acceptors (Lipinski definition) is 4. The van der Waals surface area contributed by atoms with Crippen molar-refractivity contribution < 1.29 is 13.2 Å². The van der Waals surface area contributed by atoms with Crippen molar-refractivity contribution in [2.24, 2.45) is 5.14 Å². The van der Waals surface area contributed by atoms with Crippen LogP contribution in [-0.4, -0.2) is 33.0 Å². The van der Waals surface area contributed by atoms with Gasteiger partial charge in [0.05, 0.1) is 4.90 Å². The van der Waals surface area contributed by atoms with Crippen LogP contribution in [0.5, 0.6) is 5.75 Å². The molecule has 0 amide bonds. The van der Waals surface area contributed by atoms with Crippen LogP contribution in [0.25, 0.3) is 0 Å². The van der Waals surface area contributed by atoms with Crippen molar-refractivity contribution >= 4 is 10.0 Å². The molecule has 1 heterocycles. The third-order valence-corrected chi connectivity index (χ3v) is 5.55. The number of ether oxygens (including phenoxy) is 1. The van der Waals surface area contributed by atoms with Gasteiger partial charge in [0.1, 0.15) is 12.4 Å². The molecule has 0 radical (unpaired) electrons. The van der Waals surface area contributed by atoms with Gasteiger partial charge in [-0.05, 0) is 56.1 Å². The highest BCUT2D eigenvalue weighted by atomic mass is 32.2. The van der Waals surface area contributed by atoms with Crippen molar-refractivity contribution in [1.82, 2.24) is 4.90 Å². The summed E-state index contributed by atoms with van der Waals surface area (Å²) in [5, 5.41) is 5.09. The molecular formula is C19H24N2O3S. The molecule has 5 nitrogen and oxygen atoms in total. The Morgan fingerprint density at radius 3 is 2.44 bits per heavy atom. The van der Waals surface area contributed by atoms with Gasteiger partial charge in [-0.15, -0.1) is 0 Å². The molecule has 1 fully saturated rings. The molecule has 2 aromatic carbocycles. The van der Waals surface area contributed by atoms with Gasteiger partial charge in [-0.1, -0.05) is 29.8 Å². The molecule has 1 atom stereocenters. The normalized spacial score (nSPS) is 18.4. The van der Waals surface area contributed by atoms with E-state index in [0.29, 0.717) is 18.4 Å². The number of rotatable bonds is 6. The van der Waals surface area contributed by atoms with E-state index >= 15 is 0 Å². The third-order valence-electron chi connectivity index (χ3n) is 4.63. The first-order valence-corrected chi connectivity index (χ1v) is 10.0. The lowest BCUT2D eigenvalue weighted by molar-refractivity contribution is 0.197. The van der Waals surface area contributed by atoms with Gasteiger partial charge in [0.25, 0.3) is 0 Å². The van der Waals surface area contributed by atoms with Crippen LogP contribution in [0.3, 0.4) is 0 Å². The van der Waals surface area contributed by atoms with Gasteiger partial charge in [-0.2, -0.15) is 0 Å². The van der Waals surface area contributed by atoms with E-state index in [1.54, 1.807) is 12.1 Å². The molecule has 0 aliphatic carbocycles. The summed E-state index contributed by atoms with van der Waals surface area (Å²) in [6, 6.07) is 15.4. The topological polar surface area (TPSA) is 72.6 Å². The number of nitrogens with two attached hydrogens (primary N) is 1. The highest BCUT2D eigenvalue weighted by molar-refractivity contribution is 7.89. The first-order chi connectivity index (χ1) is 11.9. The van der Waals surface area contributed by atoms with Gasteiger partial charge in [0.2, 0.25) is 10.0 Å². The van der Waals surface area contributed by atoms with Gasteiger partial charge in [-0.25, -0.2) is 13.6 Å². The molecule has 1 aliphatic heterocycles. The Morgan fingerprint density at radius 2 is 1.80 bits per heavy atom. The molecule has 1 saturated heterocycles. The molecule has 25 heavy (non-hydrogen) atoms. The van der Waals surface area contributed by atoms with Gasteiger partial charge < -0.3 is 4.74 Å². The van der Waals surface area contributed by atoms with Gasteiger partial charge in [0, 0.05) is 12.6 Å². The Hall–Kier alpha value is -1.89. The second-order valence-corrected chi connectivity index (χ2v) is 8.03. The van der Waals surface area contributed by atoms with Gasteiger partial charge >= 0.3 is 0 Å². The van der Waals surface area contributed by atoms with Crippen molar-refractivity contribution in [3.05, 3.63) is 59.7 Å². The molecule has 0 saturated carbocycles. The van der Waals surface area contributed by atoms with Crippen LogP contribution in [0, 0.1) is 6.92 Å². The van der Waals surface area contributed by atoms with Gasteiger partial charge in [0.15, 0.2) is 0 Å². The fraction of sp³-hybridized carbons (Fsp3) is 0.368. The zero-order chi connectivity index (χ0) is 17.9. The Bertz CT molecular complexity index is 802. The van der Waals surface area contributed by atoms with Crippen LogP contribution < -0.4 is 9.88 Å². The summed E-state index contributed by atoms with van der Waals surface area (Å²) in [6.45, 7) is 4.59. The summed E-state index contributed by atoms with van der Waals surface area (Å²) < 4.78 is 28.3. The molecule has 0 aromatic heterocycles. The average molecular weight is 360 g/mol. The number of sulfonamides is 1. The minimum absolute atomic E-state index is 0.0961. The molecule has 0 spiro atoms. The average Bonchev–Trinajstić information content (AvgIpc) is 3.04. The Kier molecular flexibility index (Phi) is 5.42. The van der Waals surface area contributed by atoms with Crippen molar-refractivity contribution in [3.63, 3.8) is 0 Å². The summed E-state index contributed by atoms with van der Waals surface area (Å²) >= 11 is 0. The predicted octanol–water partition coefficient (Wildman–Crippen LogP) is 2.86. The van der Waals surface area contributed by atoms with E-state index in [2.05, 4.69) is 36.1 Å². The largest absolute Gasteiger partial charge is 0.492 e. The van der Waals surface area contributed by atoms with Crippen molar-refractivity contribution in [2.45, 2.75) is 30.7 Å². The smallest absolute Gasteiger partial charge is 0.238 e. The zero-order valence-corrected chi connectivity index (χ0v) is 15.2. The molecule has 6 heteroatoms. The van der Waals surface area contributed by atoms with E-state index in [0.717, 1.165) is 13.1 Å². The molecule has 1 unspecified atom stereocenters. The Labute approximate surface area is 149 Å². The van der Waals surface area contributed by atoms with E-state index in [4.69, 9.17) is 9.88 Å². The molecule has 3 rings (SSSR count). The number of nitrogens with zero attached hydrogens (tertiary/aromatic N) is 1. The number of primary sulfonamides is 1. The standard InChI is InChI=1S/C19H24N2O3S/c1-15-4-6-16(7-5-15)19-3-2-12-21(19)13-14-24-17-8-10-18(11-9-17)25(20,22)23/h4-11,19H,2-3,12-14H2,1H3,(H2,20,22,23). The molecule has 0 bridgehead atoms. The summed E-state index contributed by atoms with van der Waals surface area (Å²) in [7, 11) is -3.66. The maximum atomic E-state index is 11.3.